The summed E-state index contributed by atoms with van der Waals surface area (Å²) in [5.41, 5.74) is 9.73. The van der Waals surface area contributed by atoms with Crippen molar-refractivity contribution in [3.8, 4) is 11.5 Å². The van der Waals surface area contributed by atoms with E-state index in [1.807, 2.05) is 44.2 Å². The van der Waals surface area contributed by atoms with E-state index in [0.29, 0.717) is 13.2 Å². The molecule has 21 heavy (non-hydrogen) atoms. The summed E-state index contributed by atoms with van der Waals surface area (Å²) in [7, 11) is 1.65. The second kappa shape index (κ2) is 6.83. The van der Waals surface area contributed by atoms with Crippen LogP contribution in [0.15, 0.2) is 30.3 Å². The van der Waals surface area contributed by atoms with E-state index in [1.54, 1.807) is 7.11 Å². The Labute approximate surface area is 130 Å². The van der Waals surface area contributed by atoms with Crippen LogP contribution < -0.4 is 15.2 Å². The fourth-order valence-electron chi connectivity index (χ4n) is 2.22. The fourth-order valence-corrected chi connectivity index (χ4v) is 2.33. The molecule has 0 radical (unpaired) electrons. The van der Waals surface area contributed by atoms with Crippen LogP contribution >= 0.6 is 11.6 Å². The molecule has 112 valence electrons. The SMILES string of the molecule is COc1ccc(CN)cc1COc1cc(C)c(Cl)c(C)c1. The maximum absolute atomic E-state index is 6.16. The zero-order chi connectivity index (χ0) is 15.4. The molecule has 0 spiro atoms. The van der Waals surface area contributed by atoms with Crippen LogP contribution in [-0.2, 0) is 13.2 Å². The highest BCUT2D eigenvalue weighted by Crippen LogP contribution is 2.27. The van der Waals surface area contributed by atoms with Crippen molar-refractivity contribution in [3.63, 3.8) is 0 Å². The summed E-state index contributed by atoms with van der Waals surface area (Å²) in [5, 5.41) is 0.782. The van der Waals surface area contributed by atoms with E-state index in [2.05, 4.69) is 0 Å². The Kier molecular flexibility index (Phi) is 5.10. The molecule has 0 saturated carbocycles. The van der Waals surface area contributed by atoms with Gasteiger partial charge in [0.1, 0.15) is 18.1 Å². The van der Waals surface area contributed by atoms with Crippen LogP contribution in [0.5, 0.6) is 11.5 Å². The third-order valence-corrected chi connectivity index (χ3v) is 3.98. The highest BCUT2D eigenvalue weighted by atomic mass is 35.5. The van der Waals surface area contributed by atoms with Crippen molar-refractivity contribution in [2.45, 2.75) is 27.0 Å². The Bertz CT molecular complexity index is 618. The van der Waals surface area contributed by atoms with Crippen LogP contribution in [0.1, 0.15) is 22.3 Å². The Morgan fingerprint density at radius 2 is 1.76 bits per heavy atom. The Balaban J connectivity index is 2.19. The minimum absolute atomic E-state index is 0.428. The quantitative estimate of drug-likeness (QED) is 0.908. The third kappa shape index (κ3) is 3.69. The first-order valence-corrected chi connectivity index (χ1v) is 7.18. The van der Waals surface area contributed by atoms with Gasteiger partial charge in [-0.3, -0.25) is 0 Å². The molecular weight excluding hydrogens is 286 g/mol. The van der Waals surface area contributed by atoms with Crippen LogP contribution in [0, 0.1) is 13.8 Å². The zero-order valence-corrected chi connectivity index (χ0v) is 13.3. The first-order valence-electron chi connectivity index (χ1n) is 6.80. The van der Waals surface area contributed by atoms with Gasteiger partial charge in [-0.05, 0) is 54.8 Å². The Hall–Kier alpha value is -1.71. The van der Waals surface area contributed by atoms with E-state index in [9.17, 15) is 0 Å². The number of nitrogens with two attached hydrogens (primary N) is 1. The van der Waals surface area contributed by atoms with Gasteiger partial charge in [-0.25, -0.2) is 0 Å². The van der Waals surface area contributed by atoms with Crippen LogP contribution in [0.2, 0.25) is 5.02 Å². The van der Waals surface area contributed by atoms with Gasteiger partial charge in [-0.2, -0.15) is 0 Å². The lowest BCUT2D eigenvalue weighted by molar-refractivity contribution is 0.296. The molecule has 0 saturated heterocycles. The molecule has 2 aromatic carbocycles. The van der Waals surface area contributed by atoms with Gasteiger partial charge in [0, 0.05) is 17.1 Å². The Morgan fingerprint density at radius 1 is 1.10 bits per heavy atom. The summed E-state index contributed by atoms with van der Waals surface area (Å²) in [6.07, 6.45) is 0. The smallest absolute Gasteiger partial charge is 0.125 e. The van der Waals surface area contributed by atoms with Gasteiger partial charge in [0.15, 0.2) is 0 Å². The first-order chi connectivity index (χ1) is 10.0. The average molecular weight is 306 g/mol. The maximum Gasteiger partial charge on any atom is 0.125 e. The van der Waals surface area contributed by atoms with Gasteiger partial charge in [0.05, 0.1) is 7.11 Å². The summed E-state index contributed by atoms with van der Waals surface area (Å²) in [6.45, 7) is 4.86. The normalized spacial score (nSPS) is 10.5. The molecular formula is C17H20ClNO2. The second-order valence-electron chi connectivity index (χ2n) is 5.01. The molecule has 0 aromatic heterocycles. The second-order valence-corrected chi connectivity index (χ2v) is 5.39. The molecule has 0 heterocycles. The molecule has 0 atom stereocenters. The van der Waals surface area contributed by atoms with Gasteiger partial charge in [-0.15, -0.1) is 0 Å². The number of halogens is 1. The van der Waals surface area contributed by atoms with Gasteiger partial charge in [0.2, 0.25) is 0 Å². The van der Waals surface area contributed by atoms with E-state index in [4.69, 9.17) is 26.8 Å². The van der Waals surface area contributed by atoms with Crippen molar-refractivity contribution >= 4 is 11.6 Å². The van der Waals surface area contributed by atoms with Gasteiger partial charge < -0.3 is 15.2 Å². The van der Waals surface area contributed by atoms with E-state index >= 15 is 0 Å². The summed E-state index contributed by atoms with van der Waals surface area (Å²) in [6, 6.07) is 9.76. The van der Waals surface area contributed by atoms with Crippen molar-refractivity contribution in [1.82, 2.24) is 0 Å². The summed E-state index contributed by atoms with van der Waals surface area (Å²) in [4.78, 5) is 0. The lowest BCUT2D eigenvalue weighted by Gasteiger charge is -2.13. The maximum atomic E-state index is 6.16. The molecule has 2 N–H and O–H groups in total. The Morgan fingerprint density at radius 3 is 2.33 bits per heavy atom. The van der Waals surface area contributed by atoms with Gasteiger partial charge in [-0.1, -0.05) is 17.7 Å². The van der Waals surface area contributed by atoms with E-state index < -0.39 is 0 Å². The monoisotopic (exact) mass is 305 g/mol. The molecule has 2 rings (SSSR count). The molecule has 2 aromatic rings. The zero-order valence-electron chi connectivity index (χ0n) is 12.6. The van der Waals surface area contributed by atoms with Crippen molar-refractivity contribution < 1.29 is 9.47 Å². The molecule has 0 amide bonds. The highest BCUT2D eigenvalue weighted by Gasteiger charge is 2.07. The van der Waals surface area contributed by atoms with Crippen molar-refractivity contribution in [2.75, 3.05) is 7.11 Å². The number of ether oxygens (including phenoxy) is 2. The van der Waals surface area contributed by atoms with Crippen molar-refractivity contribution in [1.29, 1.82) is 0 Å². The predicted octanol–water partition coefficient (Wildman–Crippen LogP) is 4.00. The molecule has 0 aliphatic heterocycles. The topological polar surface area (TPSA) is 44.5 Å². The molecule has 0 aliphatic rings. The predicted molar refractivity (Wildman–Crippen MR) is 86.1 cm³/mol. The van der Waals surface area contributed by atoms with Crippen LogP contribution in [0.3, 0.4) is 0 Å². The number of aryl methyl sites for hydroxylation is 2. The molecule has 0 bridgehead atoms. The number of rotatable bonds is 5. The van der Waals surface area contributed by atoms with E-state index in [-0.39, 0.29) is 0 Å². The molecule has 0 unspecified atom stereocenters. The summed E-state index contributed by atoms with van der Waals surface area (Å²) in [5.74, 6) is 1.60. The first kappa shape index (κ1) is 15.7. The number of benzene rings is 2. The summed E-state index contributed by atoms with van der Waals surface area (Å²) >= 11 is 6.16. The van der Waals surface area contributed by atoms with Crippen molar-refractivity contribution in [2.24, 2.45) is 5.73 Å². The minimum Gasteiger partial charge on any atom is -0.496 e. The molecule has 0 fully saturated rings. The van der Waals surface area contributed by atoms with E-state index in [0.717, 1.165) is 38.8 Å². The molecule has 3 nitrogen and oxygen atoms in total. The summed E-state index contributed by atoms with van der Waals surface area (Å²) < 4.78 is 11.2. The standard InChI is InChI=1S/C17H20ClNO2/c1-11-6-15(7-12(2)17(11)18)21-10-14-8-13(9-19)4-5-16(14)20-3/h4-8H,9-10,19H2,1-3H3. The van der Waals surface area contributed by atoms with Gasteiger partial charge >= 0.3 is 0 Å². The van der Waals surface area contributed by atoms with E-state index in [1.165, 1.54) is 0 Å². The van der Waals surface area contributed by atoms with Crippen LogP contribution in [-0.4, -0.2) is 7.11 Å². The number of hydrogen-bond acceptors (Lipinski definition) is 3. The van der Waals surface area contributed by atoms with Crippen LogP contribution in [0.25, 0.3) is 0 Å². The highest BCUT2D eigenvalue weighted by molar-refractivity contribution is 6.32. The molecule has 0 aliphatic carbocycles. The third-order valence-electron chi connectivity index (χ3n) is 3.38. The van der Waals surface area contributed by atoms with Crippen LogP contribution in [0.4, 0.5) is 0 Å². The fraction of sp³-hybridized carbons (Fsp3) is 0.294. The number of methoxy groups -OCH3 is 1. The number of hydrogen-bond donors (Lipinski definition) is 1. The average Bonchev–Trinajstić information content (AvgIpc) is 2.50. The van der Waals surface area contributed by atoms with Gasteiger partial charge in [0.25, 0.3) is 0 Å². The minimum atomic E-state index is 0.428. The van der Waals surface area contributed by atoms with Crippen molar-refractivity contribution in [3.05, 3.63) is 57.6 Å². The lowest BCUT2D eigenvalue weighted by Crippen LogP contribution is -2.03. The largest absolute Gasteiger partial charge is 0.496 e. The molecule has 4 heteroatoms. The lowest BCUT2D eigenvalue weighted by atomic mass is 10.1.